The molecule has 0 fully saturated rings. The third-order valence-corrected chi connectivity index (χ3v) is 5.14. The molecule has 0 spiro atoms. The van der Waals surface area contributed by atoms with Gasteiger partial charge in [-0.05, 0) is 24.3 Å². The van der Waals surface area contributed by atoms with Crippen LogP contribution < -0.4 is 34.3 Å². The van der Waals surface area contributed by atoms with Crippen molar-refractivity contribution in [2.75, 3.05) is 0 Å². The minimum Gasteiger partial charge on any atom is -1.00 e. The zero-order valence-electron chi connectivity index (χ0n) is 18.8. The molecule has 172 valence electrons. The third kappa shape index (κ3) is 7.57. The summed E-state index contributed by atoms with van der Waals surface area (Å²) < 4.78 is 11.5. The Morgan fingerprint density at radius 1 is 0.429 bits per heavy atom. The summed E-state index contributed by atoms with van der Waals surface area (Å²) in [5.74, 6) is 3.54. The summed E-state index contributed by atoms with van der Waals surface area (Å²) in [6.07, 6.45) is 0. The molecule has 35 heavy (non-hydrogen) atoms. The van der Waals surface area contributed by atoms with Crippen molar-refractivity contribution in [2.45, 2.75) is 0 Å². The number of hydrogen-bond donors (Lipinski definition) is 0. The summed E-state index contributed by atoms with van der Waals surface area (Å²) in [5, 5.41) is 4.86. The predicted molar refractivity (Wildman–Crippen MR) is 132 cm³/mol. The summed E-state index contributed by atoms with van der Waals surface area (Å²) in [6, 6.07) is 44.4. The van der Waals surface area contributed by atoms with Gasteiger partial charge in [0.1, 0.15) is 11.5 Å². The van der Waals surface area contributed by atoms with Gasteiger partial charge in [-0.15, -0.1) is 82.2 Å². The smallest absolute Gasteiger partial charge is 1.00 e. The van der Waals surface area contributed by atoms with E-state index in [1.54, 1.807) is 0 Å². The van der Waals surface area contributed by atoms with E-state index in [1.807, 2.05) is 84.9 Å². The summed E-state index contributed by atoms with van der Waals surface area (Å²) in [5.41, 5.74) is 0. The van der Waals surface area contributed by atoms with E-state index in [0.29, 0.717) is 0 Å². The average molecular weight is 577 g/mol. The van der Waals surface area contributed by atoms with E-state index < -0.39 is 0 Å². The number of para-hydroxylation sites is 2. The van der Waals surface area contributed by atoms with Crippen LogP contribution in [-0.4, -0.2) is 0 Å². The van der Waals surface area contributed by atoms with Crippen molar-refractivity contribution in [2.24, 2.45) is 0 Å². The molecule has 0 atom stereocenters. The molecule has 0 aliphatic rings. The van der Waals surface area contributed by atoms with Gasteiger partial charge < -0.3 is 34.3 Å². The number of rotatable bonds is 4. The Kier molecular flexibility index (Phi) is 11.3. The van der Waals surface area contributed by atoms with E-state index in [1.165, 1.54) is 21.5 Å². The Balaban J connectivity index is 0.000000227. The molecule has 6 aromatic carbocycles. The topological polar surface area (TPSA) is 18.5 Å². The number of halogens is 2. The zero-order chi connectivity index (χ0) is 21.6. The van der Waals surface area contributed by atoms with Gasteiger partial charge in [-0.25, -0.2) is 0 Å². The van der Waals surface area contributed by atoms with Crippen LogP contribution in [0.1, 0.15) is 0 Å². The molecule has 0 heterocycles. The molecule has 0 aliphatic carbocycles. The second kappa shape index (κ2) is 13.9. The fraction of sp³-hybridized carbons (Fsp3) is 0. The second-order valence-corrected chi connectivity index (χ2v) is 7.47. The van der Waals surface area contributed by atoms with E-state index in [-0.39, 0.29) is 51.0 Å². The molecule has 0 N–H and O–H groups in total. The standard InChI is InChI=1S/2C15H11O.2ClH.Zr/c2*1-2-8-14(9-3-1)16-15-10-12-6-4-5-7-13(12)11-15;;;/h2*1-11H;2*1H;/q2*-1;;;+4/p-2. The number of hydrogen-bond acceptors (Lipinski definition) is 2. The maximum absolute atomic E-state index is 5.76. The van der Waals surface area contributed by atoms with E-state index >= 15 is 0 Å². The van der Waals surface area contributed by atoms with Crippen LogP contribution in [0.15, 0.2) is 133 Å². The quantitative estimate of drug-likeness (QED) is 0.301. The predicted octanol–water partition coefficient (Wildman–Crippen LogP) is 2.71. The van der Waals surface area contributed by atoms with Crippen molar-refractivity contribution in [1.82, 2.24) is 0 Å². The first kappa shape index (κ1) is 28.4. The normalized spacial score (nSPS) is 9.60. The number of benzene rings is 4. The van der Waals surface area contributed by atoms with E-state index in [9.17, 15) is 0 Å². The minimum absolute atomic E-state index is 0. The van der Waals surface area contributed by atoms with Crippen molar-refractivity contribution in [3.8, 4) is 23.0 Å². The van der Waals surface area contributed by atoms with Crippen LogP contribution in [0.4, 0.5) is 0 Å². The van der Waals surface area contributed by atoms with Crippen LogP contribution in [0.5, 0.6) is 23.0 Å². The zero-order valence-corrected chi connectivity index (χ0v) is 22.7. The molecule has 2 nitrogen and oxygen atoms in total. The van der Waals surface area contributed by atoms with Crippen molar-refractivity contribution in [3.05, 3.63) is 133 Å². The van der Waals surface area contributed by atoms with Crippen LogP contribution >= 0.6 is 0 Å². The van der Waals surface area contributed by atoms with Gasteiger partial charge in [0.05, 0.1) is 0 Å². The van der Waals surface area contributed by atoms with Crippen LogP contribution in [0.25, 0.3) is 21.5 Å². The van der Waals surface area contributed by atoms with E-state index in [2.05, 4.69) is 48.5 Å². The Morgan fingerprint density at radius 2 is 0.771 bits per heavy atom. The number of ether oxygens (including phenoxy) is 2. The molecule has 5 heteroatoms. The van der Waals surface area contributed by atoms with E-state index in [0.717, 1.165) is 23.0 Å². The van der Waals surface area contributed by atoms with Gasteiger partial charge in [-0.2, -0.15) is 0 Å². The van der Waals surface area contributed by atoms with E-state index in [4.69, 9.17) is 9.47 Å². The van der Waals surface area contributed by atoms with Crippen LogP contribution in [-0.2, 0) is 26.2 Å². The molecule has 6 aromatic rings. The van der Waals surface area contributed by atoms with Crippen molar-refractivity contribution in [3.63, 3.8) is 0 Å². The molecule has 0 aliphatic heterocycles. The van der Waals surface area contributed by atoms with Crippen molar-refractivity contribution in [1.29, 1.82) is 0 Å². The summed E-state index contributed by atoms with van der Waals surface area (Å²) in [6.45, 7) is 0. The third-order valence-electron chi connectivity index (χ3n) is 5.14. The van der Waals surface area contributed by atoms with Gasteiger partial charge in [0, 0.05) is 11.5 Å². The summed E-state index contributed by atoms with van der Waals surface area (Å²) in [4.78, 5) is 0. The fourth-order valence-electron chi connectivity index (χ4n) is 3.61. The molecule has 0 saturated carbocycles. The van der Waals surface area contributed by atoms with Gasteiger partial charge >= 0.3 is 26.2 Å². The molecular formula is C30H22Cl2O2Zr. The summed E-state index contributed by atoms with van der Waals surface area (Å²) >= 11 is 0. The SMILES string of the molecule is [Cl-].[Cl-].[Zr+4].c1ccc(Oc2cc3ccccc3[cH-]2)cc1.c1ccc(Oc2cc3ccccc3[cH-]2)cc1. The maximum atomic E-state index is 5.76. The van der Waals surface area contributed by atoms with Crippen molar-refractivity contribution < 1.29 is 60.5 Å². The first-order chi connectivity index (χ1) is 15.8. The number of fused-ring (bicyclic) bond motifs is 2. The first-order valence-corrected chi connectivity index (χ1v) is 10.6. The van der Waals surface area contributed by atoms with Crippen LogP contribution in [0.2, 0.25) is 0 Å². The Morgan fingerprint density at radius 3 is 1.14 bits per heavy atom. The van der Waals surface area contributed by atoms with Crippen LogP contribution in [0.3, 0.4) is 0 Å². The van der Waals surface area contributed by atoms with Gasteiger partial charge in [0.2, 0.25) is 0 Å². The monoisotopic (exact) mass is 574 g/mol. The first-order valence-electron chi connectivity index (χ1n) is 10.6. The molecule has 0 amide bonds. The van der Waals surface area contributed by atoms with Gasteiger partial charge in [0.25, 0.3) is 0 Å². The van der Waals surface area contributed by atoms with Crippen LogP contribution in [0, 0.1) is 0 Å². The average Bonchev–Trinajstić information content (AvgIpc) is 3.43. The molecule has 6 rings (SSSR count). The minimum atomic E-state index is 0. The Labute approximate surface area is 237 Å². The Bertz CT molecular complexity index is 1250. The van der Waals surface area contributed by atoms with Gasteiger partial charge in [-0.1, -0.05) is 48.5 Å². The molecule has 0 radical (unpaired) electrons. The van der Waals surface area contributed by atoms with Crippen molar-refractivity contribution >= 4 is 21.5 Å². The maximum Gasteiger partial charge on any atom is 4.00 e. The Hall–Kier alpha value is -2.84. The molecule has 0 unspecified atom stereocenters. The molecule has 0 aromatic heterocycles. The molecular weight excluding hydrogens is 554 g/mol. The van der Waals surface area contributed by atoms with Gasteiger partial charge in [-0.3, -0.25) is 0 Å². The summed E-state index contributed by atoms with van der Waals surface area (Å²) in [7, 11) is 0. The largest absolute Gasteiger partial charge is 4.00 e. The second-order valence-electron chi connectivity index (χ2n) is 7.47. The van der Waals surface area contributed by atoms with Gasteiger partial charge in [0.15, 0.2) is 0 Å². The molecule has 0 bridgehead atoms. The molecule has 0 saturated heterocycles. The fourth-order valence-corrected chi connectivity index (χ4v) is 3.61.